The topological polar surface area (TPSA) is 121 Å². The van der Waals surface area contributed by atoms with E-state index in [2.05, 4.69) is 54.6 Å². The average Bonchev–Trinajstić information content (AvgIpc) is 3.33. The third-order valence-corrected chi connectivity index (χ3v) is 12.8. The van der Waals surface area contributed by atoms with E-state index in [1.54, 1.807) is 21.3 Å². The molecular weight excluding hydrogens is 795 g/mol. The number of nitrogens with zero attached hydrogens (tertiary/aromatic N) is 1. The Labute approximate surface area is 367 Å². The highest BCUT2D eigenvalue weighted by Crippen LogP contribution is 2.45. The number of carboxylic acids is 1. The lowest BCUT2D eigenvalue weighted by Crippen LogP contribution is -2.49. The molecule has 0 atom stereocenters. The summed E-state index contributed by atoms with van der Waals surface area (Å²) < 4.78 is 29.8. The first kappa shape index (κ1) is 43.0. The molecule has 1 aliphatic rings. The number of aliphatic carboxylic acids is 1. The number of aryl methyl sites for hydroxylation is 1. The van der Waals surface area contributed by atoms with Gasteiger partial charge >= 0.3 is 11.9 Å². The number of hydrogen-bond donors (Lipinski definition) is 1. The van der Waals surface area contributed by atoms with Crippen LogP contribution in [0.2, 0.25) is 0 Å². The predicted octanol–water partition coefficient (Wildman–Crippen LogP) is 9.96. The number of ether oxygens (including phenoxy) is 5. The van der Waals surface area contributed by atoms with Crippen LogP contribution in [0.3, 0.4) is 0 Å². The van der Waals surface area contributed by atoms with E-state index >= 15 is 0 Å². The Morgan fingerprint density at radius 2 is 1.11 bits per heavy atom. The van der Waals surface area contributed by atoms with Crippen LogP contribution in [0.15, 0.2) is 127 Å². The van der Waals surface area contributed by atoms with Crippen molar-refractivity contribution >= 4 is 50.2 Å². The van der Waals surface area contributed by atoms with Gasteiger partial charge in [-0.2, -0.15) is 0 Å². The Morgan fingerprint density at radius 1 is 0.603 bits per heavy atom. The Balaban J connectivity index is 1.04. The first-order valence-corrected chi connectivity index (χ1v) is 21.5. The van der Waals surface area contributed by atoms with E-state index in [-0.39, 0.29) is 32.0 Å². The summed E-state index contributed by atoms with van der Waals surface area (Å²) in [6, 6.07) is 42.9. The summed E-state index contributed by atoms with van der Waals surface area (Å²) in [6.07, 6.45) is 2.34. The Morgan fingerprint density at radius 3 is 1.63 bits per heavy atom. The fourth-order valence-corrected chi connectivity index (χ4v) is 9.17. The molecule has 0 spiro atoms. The molecule has 1 saturated heterocycles. The minimum atomic E-state index is -1.16. The molecule has 63 heavy (non-hydrogen) atoms. The van der Waals surface area contributed by atoms with E-state index in [9.17, 15) is 19.5 Å². The van der Waals surface area contributed by atoms with Gasteiger partial charge in [-0.3, -0.25) is 14.4 Å². The van der Waals surface area contributed by atoms with Crippen LogP contribution in [0, 0.1) is 5.41 Å². The maximum atomic E-state index is 13.9. The maximum absolute atomic E-state index is 13.9. The van der Waals surface area contributed by atoms with Crippen LogP contribution in [0.4, 0.5) is 0 Å². The monoisotopic (exact) mass is 847 g/mol. The summed E-state index contributed by atoms with van der Waals surface area (Å²) in [5.41, 5.74) is 1.89. The first-order valence-electron chi connectivity index (χ1n) is 21.5. The quantitative estimate of drug-likeness (QED) is 0.0511. The van der Waals surface area contributed by atoms with Crippen LogP contribution in [-0.4, -0.2) is 75.5 Å². The van der Waals surface area contributed by atoms with Crippen LogP contribution in [0.25, 0.3) is 32.3 Å². The Hall–Kier alpha value is -6.65. The lowest BCUT2D eigenvalue weighted by molar-refractivity contribution is -0.157. The normalized spacial score (nSPS) is 13.9. The smallest absolute Gasteiger partial charge is 0.306 e. The summed E-state index contributed by atoms with van der Waals surface area (Å²) in [5.74, 6) is 0.497. The lowest BCUT2D eigenvalue weighted by Gasteiger charge is -2.44. The number of piperidine rings is 1. The van der Waals surface area contributed by atoms with Gasteiger partial charge in [0.1, 0.15) is 22.8 Å². The molecule has 1 N–H and O–H groups in total. The molecule has 1 heterocycles. The Bertz CT molecular complexity index is 2550. The number of rotatable bonds is 18. The highest BCUT2D eigenvalue weighted by atomic mass is 16.5. The second-order valence-electron chi connectivity index (χ2n) is 16.5. The number of hydrogen-bond acceptors (Lipinski definition) is 8. The van der Waals surface area contributed by atoms with Gasteiger partial charge in [-0.1, -0.05) is 91.0 Å². The summed E-state index contributed by atoms with van der Waals surface area (Å²) >= 11 is 0. The summed E-state index contributed by atoms with van der Waals surface area (Å²) in [5, 5.41) is 16.7. The second-order valence-corrected chi connectivity index (χ2v) is 16.5. The second kappa shape index (κ2) is 18.8. The van der Waals surface area contributed by atoms with Crippen molar-refractivity contribution in [2.24, 2.45) is 5.41 Å². The van der Waals surface area contributed by atoms with E-state index in [1.165, 1.54) is 37.9 Å². The molecule has 10 nitrogen and oxygen atoms in total. The minimum Gasteiger partial charge on any atom is -0.497 e. The summed E-state index contributed by atoms with van der Waals surface area (Å²) in [4.78, 5) is 40.1. The van der Waals surface area contributed by atoms with Gasteiger partial charge in [0.15, 0.2) is 0 Å². The molecule has 7 aromatic rings. The zero-order valence-corrected chi connectivity index (χ0v) is 36.1. The van der Waals surface area contributed by atoms with Gasteiger partial charge in [-0.05, 0) is 117 Å². The van der Waals surface area contributed by atoms with Crippen molar-refractivity contribution in [2.75, 3.05) is 47.6 Å². The first-order chi connectivity index (χ1) is 30.6. The highest BCUT2D eigenvalue weighted by Gasteiger charge is 2.44. The third-order valence-electron chi connectivity index (χ3n) is 12.8. The number of likely N-dealkylation sites (tertiary alicyclic amines) is 1. The summed E-state index contributed by atoms with van der Waals surface area (Å²) in [6.45, 7) is 1.06. The van der Waals surface area contributed by atoms with E-state index < -0.39 is 23.0 Å². The largest absolute Gasteiger partial charge is 0.497 e. The molecule has 1 aliphatic heterocycles. The van der Waals surface area contributed by atoms with Crippen molar-refractivity contribution in [3.63, 3.8) is 0 Å². The molecule has 0 radical (unpaired) electrons. The molecule has 8 rings (SSSR count). The SMILES string of the molecule is COc1ccc(C(OCC2(COC(=O)CCC(=O)O)CCN(C(=O)CCCc3ccc4ccc5cccc6ccc3c4c56)CC2)(c2ccc(OC)cc2)c2ccc(OC)cc2)cc1. The van der Waals surface area contributed by atoms with E-state index in [4.69, 9.17) is 23.7 Å². The third kappa shape index (κ3) is 8.99. The van der Waals surface area contributed by atoms with Crippen molar-refractivity contribution in [3.05, 3.63) is 150 Å². The highest BCUT2D eigenvalue weighted by molar-refractivity contribution is 6.23. The van der Waals surface area contributed by atoms with E-state index in [1.807, 2.05) is 77.7 Å². The van der Waals surface area contributed by atoms with Crippen molar-refractivity contribution < 1.29 is 43.2 Å². The number of carbonyl (C=O) groups is 3. The van der Waals surface area contributed by atoms with Crippen LogP contribution in [-0.2, 0) is 35.9 Å². The van der Waals surface area contributed by atoms with Crippen molar-refractivity contribution in [3.8, 4) is 17.2 Å². The van der Waals surface area contributed by atoms with Gasteiger partial charge in [0.2, 0.25) is 5.91 Å². The van der Waals surface area contributed by atoms with Crippen LogP contribution >= 0.6 is 0 Å². The molecule has 324 valence electrons. The average molecular weight is 848 g/mol. The number of methoxy groups -OCH3 is 3. The zero-order chi connectivity index (χ0) is 44.0. The number of carboxylic acid groups (broad SMARTS) is 1. The molecule has 10 heteroatoms. The fourth-order valence-electron chi connectivity index (χ4n) is 9.17. The number of esters is 1. The van der Waals surface area contributed by atoms with Crippen molar-refractivity contribution in [1.82, 2.24) is 4.90 Å². The molecule has 1 amide bonds. The van der Waals surface area contributed by atoms with Gasteiger partial charge in [0.25, 0.3) is 0 Å². The van der Waals surface area contributed by atoms with Crippen LogP contribution < -0.4 is 14.2 Å². The van der Waals surface area contributed by atoms with Gasteiger partial charge in [-0.25, -0.2) is 0 Å². The molecule has 0 bridgehead atoms. The maximum Gasteiger partial charge on any atom is 0.306 e. The lowest BCUT2D eigenvalue weighted by atomic mass is 9.77. The number of benzene rings is 7. The predicted molar refractivity (Wildman–Crippen MR) is 244 cm³/mol. The summed E-state index contributed by atoms with van der Waals surface area (Å²) in [7, 11) is 4.87. The van der Waals surface area contributed by atoms with Gasteiger partial charge in [-0.15, -0.1) is 0 Å². The van der Waals surface area contributed by atoms with Gasteiger partial charge < -0.3 is 33.7 Å². The van der Waals surface area contributed by atoms with Crippen LogP contribution in [0.1, 0.15) is 60.8 Å². The van der Waals surface area contributed by atoms with Gasteiger partial charge in [0, 0.05) is 24.9 Å². The Kier molecular flexibility index (Phi) is 12.8. The van der Waals surface area contributed by atoms with Crippen molar-refractivity contribution in [1.29, 1.82) is 0 Å². The molecular formula is C53H53NO9. The number of amides is 1. The fraction of sp³-hybridized carbons (Fsp3) is 0.302. The molecule has 7 aromatic carbocycles. The van der Waals surface area contributed by atoms with E-state index in [0.717, 1.165) is 23.1 Å². The molecule has 1 fully saturated rings. The van der Waals surface area contributed by atoms with Gasteiger partial charge in [0.05, 0.1) is 47.4 Å². The molecule has 0 unspecified atom stereocenters. The standard InChI is InChI=1S/C53H53NO9/c1-59-43-21-15-40(16-22-43)53(41-17-23-44(60-2)24-18-41,42-19-25-45(61-3)26-20-42)63-35-52(34-62-49(58)29-28-48(56)57)30-32-54(33-31-52)47(55)9-5-6-36-10-11-39-13-12-37-7-4-8-38-14-27-46(36)51(39)50(37)38/h4,7-8,10-27H,5-6,9,28-35H2,1-3H3,(H,56,57). The van der Waals surface area contributed by atoms with Crippen LogP contribution in [0.5, 0.6) is 17.2 Å². The number of carbonyl (C=O) groups excluding carboxylic acids is 2. The minimum absolute atomic E-state index is 0.00601. The molecule has 0 aromatic heterocycles. The zero-order valence-electron chi connectivity index (χ0n) is 36.1. The van der Waals surface area contributed by atoms with Crippen molar-refractivity contribution in [2.45, 2.75) is 50.5 Å². The molecule has 0 aliphatic carbocycles. The van der Waals surface area contributed by atoms with E-state index in [0.29, 0.717) is 56.0 Å². The molecule has 0 saturated carbocycles.